The van der Waals surface area contributed by atoms with Crippen LogP contribution in [0.5, 0.6) is 0 Å². The lowest BCUT2D eigenvalue weighted by Gasteiger charge is -2.28. The maximum Gasteiger partial charge on any atom is 0.308 e. The molecular formula is C47H93NO5. The molecule has 0 aliphatic rings. The molecule has 0 radical (unpaired) electrons. The van der Waals surface area contributed by atoms with E-state index in [-0.39, 0.29) is 30.4 Å². The van der Waals surface area contributed by atoms with E-state index in [1.54, 1.807) is 0 Å². The summed E-state index contributed by atoms with van der Waals surface area (Å²) in [5, 5.41) is 9.38. The van der Waals surface area contributed by atoms with E-state index >= 15 is 0 Å². The Kier molecular flexibility index (Phi) is 39.6. The number of ether oxygens (including phenoxy) is 2. The topological polar surface area (TPSA) is 76.1 Å². The molecule has 0 aromatic heterocycles. The van der Waals surface area contributed by atoms with Gasteiger partial charge < -0.3 is 19.5 Å². The van der Waals surface area contributed by atoms with Gasteiger partial charge in [-0.1, -0.05) is 182 Å². The quantitative estimate of drug-likeness (QED) is 0.0494. The largest absolute Gasteiger partial charge is 0.465 e. The maximum atomic E-state index is 12.7. The molecule has 0 heterocycles. The molecule has 6 heteroatoms. The van der Waals surface area contributed by atoms with Crippen LogP contribution in [0.15, 0.2) is 0 Å². The van der Waals surface area contributed by atoms with E-state index < -0.39 is 0 Å². The zero-order chi connectivity index (χ0) is 39.0. The number of hydrogen-bond acceptors (Lipinski definition) is 6. The van der Waals surface area contributed by atoms with E-state index in [9.17, 15) is 14.7 Å². The van der Waals surface area contributed by atoms with Crippen molar-refractivity contribution >= 4 is 11.9 Å². The molecule has 0 aliphatic carbocycles. The molecular weight excluding hydrogens is 659 g/mol. The molecule has 316 valence electrons. The average molecular weight is 752 g/mol. The highest BCUT2D eigenvalue weighted by Crippen LogP contribution is 2.22. The van der Waals surface area contributed by atoms with Gasteiger partial charge in [-0.05, 0) is 64.8 Å². The summed E-state index contributed by atoms with van der Waals surface area (Å²) in [6.45, 7) is 11.3. The molecule has 0 amide bonds. The normalized spacial score (nSPS) is 13.3. The Labute approximate surface area is 331 Å². The van der Waals surface area contributed by atoms with Gasteiger partial charge >= 0.3 is 11.9 Å². The van der Waals surface area contributed by atoms with E-state index in [2.05, 4.69) is 39.6 Å². The second-order valence-electron chi connectivity index (χ2n) is 16.5. The van der Waals surface area contributed by atoms with E-state index in [1.807, 2.05) is 0 Å². The van der Waals surface area contributed by atoms with Gasteiger partial charge in [0.1, 0.15) is 0 Å². The molecule has 0 saturated heterocycles. The van der Waals surface area contributed by atoms with Crippen molar-refractivity contribution in [3.8, 4) is 0 Å². The van der Waals surface area contributed by atoms with Gasteiger partial charge in [-0.25, -0.2) is 0 Å². The number of esters is 2. The van der Waals surface area contributed by atoms with Gasteiger partial charge in [0.2, 0.25) is 0 Å². The molecule has 0 saturated carbocycles. The van der Waals surface area contributed by atoms with Gasteiger partial charge in [0.25, 0.3) is 0 Å². The number of rotatable bonds is 42. The Balaban J connectivity index is 4.10. The Morgan fingerprint density at radius 2 is 0.755 bits per heavy atom. The number of unbranched alkanes of at least 4 members (excludes halogenated alkanes) is 20. The van der Waals surface area contributed by atoms with Crippen LogP contribution in [0.2, 0.25) is 0 Å². The summed E-state index contributed by atoms with van der Waals surface area (Å²) >= 11 is 0. The van der Waals surface area contributed by atoms with Gasteiger partial charge in [0.05, 0.1) is 25.0 Å². The fourth-order valence-electron chi connectivity index (χ4n) is 7.70. The number of nitrogens with zero attached hydrogens (tertiary/aromatic N) is 1. The fourth-order valence-corrected chi connectivity index (χ4v) is 7.70. The number of aliphatic hydroxyl groups excluding tert-OH is 1. The summed E-state index contributed by atoms with van der Waals surface area (Å²) in [6, 6.07) is 0.617. The Morgan fingerprint density at radius 1 is 0.434 bits per heavy atom. The second-order valence-corrected chi connectivity index (χ2v) is 16.5. The summed E-state index contributed by atoms with van der Waals surface area (Å²) in [4.78, 5) is 27.8. The van der Waals surface area contributed by atoms with E-state index in [0.29, 0.717) is 19.3 Å². The van der Waals surface area contributed by atoms with Crippen LogP contribution in [0.3, 0.4) is 0 Å². The number of aliphatic hydroxyl groups is 1. The van der Waals surface area contributed by atoms with Gasteiger partial charge in [-0.3, -0.25) is 9.59 Å². The monoisotopic (exact) mass is 752 g/mol. The van der Waals surface area contributed by atoms with Crippen molar-refractivity contribution in [1.29, 1.82) is 0 Å². The van der Waals surface area contributed by atoms with Crippen LogP contribution < -0.4 is 0 Å². The van der Waals surface area contributed by atoms with Crippen molar-refractivity contribution in [2.75, 3.05) is 33.4 Å². The average Bonchev–Trinajstić information content (AvgIpc) is 3.16. The Hall–Kier alpha value is -1.14. The van der Waals surface area contributed by atoms with Crippen molar-refractivity contribution in [3.05, 3.63) is 0 Å². The Bertz CT molecular complexity index is 720. The predicted molar refractivity (Wildman–Crippen MR) is 227 cm³/mol. The molecule has 0 fully saturated rings. The van der Waals surface area contributed by atoms with Crippen LogP contribution in [-0.4, -0.2) is 61.4 Å². The first-order valence-corrected chi connectivity index (χ1v) is 23.6. The molecule has 0 rings (SSSR count). The molecule has 0 spiro atoms. The maximum absolute atomic E-state index is 12.7. The van der Waals surface area contributed by atoms with E-state index in [1.165, 1.54) is 116 Å². The predicted octanol–water partition coefficient (Wildman–Crippen LogP) is 13.6. The van der Waals surface area contributed by atoms with Gasteiger partial charge in [0, 0.05) is 19.2 Å². The molecule has 0 bridgehead atoms. The summed E-state index contributed by atoms with van der Waals surface area (Å²) in [6.07, 6.45) is 38.7. The Morgan fingerprint density at radius 3 is 1.13 bits per heavy atom. The summed E-state index contributed by atoms with van der Waals surface area (Å²) in [7, 11) is 2.25. The third-order valence-electron chi connectivity index (χ3n) is 11.4. The molecule has 2 unspecified atom stereocenters. The number of hydrogen-bond donors (Lipinski definition) is 1. The zero-order valence-electron chi connectivity index (χ0n) is 36.4. The lowest BCUT2D eigenvalue weighted by Crippen LogP contribution is -2.33. The molecule has 0 aromatic rings. The van der Waals surface area contributed by atoms with Crippen LogP contribution in [0, 0.1) is 11.8 Å². The van der Waals surface area contributed by atoms with Crippen molar-refractivity contribution in [1.82, 2.24) is 4.90 Å². The van der Waals surface area contributed by atoms with Crippen LogP contribution >= 0.6 is 0 Å². The van der Waals surface area contributed by atoms with E-state index in [0.717, 1.165) is 103 Å². The van der Waals surface area contributed by atoms with Crippen molar-refractivity contribution in [2.45, 2.75) is 246 Å². The smallest absolute Gasteiger partial charge is 0.308 e. The van der Waals surface area contributed by atoms with Crippen LogP contribution in [-0.2, 0) is 19.1 Å². The van der Waals surface area contributed by atoms with Crippen LogP contribution in [0.4, 0.5) is 0 Å². The first-order valence-electron chi connectivity index (χ1n) is 23.6. The summed E-state index contributed by atoms with van der Waals surface area (Å²) < 4.78 is 11.4. The third kappa shape index (κ3) is 32.8. The SMILES string of the molecule is CCCCCCC(CCCC)C(=O)OCCCCCCCCCC(CCCCCCCCCOC(=O)C(CCCC)CCCCCC)N(C)CCCO. The third-order valence-corrected chi connectivity index (χ3v) is 11.4. The minimum Gasteiger partial charge on any atom is -0.465 e. The molecule has 2 atom stereocenters. The highest BCUT2D eigenvalue weighted by atomic mass is 16.5. The minimum absolute atomic E-state index is 0.0545. The lowest BCUT2D eigenvalue weighted by molar-refractivity contribution is -0.150. The first kappa shape index (κ1) is 51.9. The van der Waals surface area contributed by atoms with Crippen LogP contribution in [0.1, 0.15) is 240 Å². The molecule has 6 nitrogen and oxygen atoms in total. The molecule has 0 aromatic carbocycles. The zero-order valence-corrected chi connectivity index (χ0v) is 36.4. The summed E-state index contributed by atoms with van der Waals surface area (Å²) in [5.41, 5.74) is 0. The van der Waals surface area contributed by atoms with Gasteiger partial charge in [-0.2, -0.15) is 0 Å². The van der Waals surface area contributed by atoms with Gasteiger partial charge in [0.15, 0.2) is 0 Å². The number of carbonyl (C=O) groups is 2. The fraction of sp³-hybridized carbons (Fsp3) is 0.957. The minimum atomic E-state index is 0.0545. The molecule has 53 heavy (non-hydrogen) atoms. The van der Waals surface area contributed by atoms with Crippen molar-refractivity contribution in [2.24, 2.45) is 11.8 Å². The highest BCUT2D eigenvalue weighted by Gasteiger charge is 2.20. The second kappa shape index (κ2) is 40.5. The molecule has 1 N–H and O–H groups in total. The van der Waals surface area contributed by atoms with Crippen molar-refractivity contribution in [3.63, 3.8) is 0 Å². The summed E-state index contributed by atoms with van der Waals surface area (Å²) in [5.74, 6) is 0.326. The van der Waals surface area contributed by atoms with E-state index in [4.69, 9.17) is 9.47 Å². The number of carbonyl (C=O) groups excluding carboxylic acids is 2. The van der Waals surface area contributed by atoms with Crippen molar-refractivity contribution < 1.29 is 24.2 Å². The lowest BCUT2D eigenvalue weighted by atomic mass is 9.95. The highest BCUT2D eigenvalue weighted by molar-refractivity contribution is 5.72. The van der Waals surface area contributed by atoms with Crippen LogP contribution in [0.25, 0.3) is 0 Å². The van der Waals surface area contributed by atoms with Gasteiger partial charge in [-0.15, -0.1) is 0 Å². The molecule has 0 aliphatic heterocycles. The first-order chi connectivity index (χ1) is 25.9. The standard InChI is InChI=1S/C47H93NO5/c1-6-10-14-26-35-43(33-12-8-3)46(50)52-41-30-24-20-16-18-22-28-37-45(48(5)39-32-40-49)38-29-23-19-17-21-25-31-42-53-47(51)44(34-13-9-4)36-27-15-11-7-2/h43-45,49H,6-42H2,1-5H3.